The first-order valence-corrected chi connectivity index (χ1v) is 8.55. The summed E-state index contributed by atoms with van der Waals surface area (Å²) in [5, 5.41) is 5.08. The SMILES string of the molecule is Cc1cc(Br)cc(CBr)c1OCCc1ccsc1. The third-order valence-electron chi connectivity index (χ3n) is 2.68. The third kappa shape index (κ3) is 3.59. The van der Waals surface area contributed by atoms with Gasteiger partial charge in [-0.05, 0) is 47.0 Å². The summed E-state index contributed by atoms with van der Waals surface area (Å²) in [6, 6.07) is 6.33. The van der Waals surface area contributed by atoms with E-state index < -0.39 is 0 Å². The zero-order valence-corrected chi connectivity index (χ0v) is 14.1. The maximum absolute atomic E-state index is 5.94. The average molecular weight is 390 g/mol. The summed E-state index contributed by atoms with van der Waals surface area (Å²) < 4.78 is 7.04. The Bertz CT molecular complexity index is 509. The number of rotatable bonds is 5. The van der Waals surface area contributed by atoms with E-state index in [4.69, 9.17) is 4.74 Å². The van der Waals surface area contributed by atoms with Crippen molar-refractivity contribution in [2.45, 2.75) is 18.7 Å². The number of halogens is 2. The molecule has 2 rings (SSSR count). The van der Waals surface area contributed by atoms with Crippen molar-refractivity contribution in [3.8, 4) is 5.75 Å². The molecule has 0 unspecified atom stereocenters. The summed E-state index contributed by atoms with van der Waals surface area (Å²) in [6.45, 7) is 2.80. The van der Waals surface area contributed by atoms with Crippen molar-refractivity contribution < 1.29 is 4.74 Å². The number of thiophene rings is 1. The topological polar surface area (TPSA) is 9.23 Å². The van der Waals surface area contributed by atoms with Crippen LogP contribution in [-0.4, -0.2) is 6.61 Å². The number of hydrogen-bond donors (Lipinski definition) is 0. The van der Waals surface area contributed by atoms with Crippen molar-refractivity contribution in [2.24, 2.45) is 0 Å². The monoisotopic (exact) mass is 388 g/mol. The van der Waals surface area contributed by atoms with Crippen molar-refractivity contribution >= 4 is 43.2 Å². The van der Waals surface area contributed by atoms with Gasteiger partial charge in [-0.15, -0.1) is 0 Å². The van der Waals surface area contributed by atoms with Crippen LogP contribution in [0.5, 0.6) is 5.75 Å². The Balaban J connectivity index is 2.04. The molecule has 1 nitrogen and oxygen atoms in total. The largest absolute Gasteiger partial charge is 0.493 e. The highest BCUT2D eigenvalue weighted by Gasteiger charge is 2.08. The fraction of sp³-hybridized carbons (Fsp3) is 0.286. The molecule has 0 atom stereocenters. The molecule has 1 heterocycles. The highest BCUT2D eigenvalue weighted by atomic mass is 79.9. The van der Waals surface area contributed by atoms with Crippen LogP contribution in [0, 0.1) is 6.92 Å². The van der Waals surface area contributed by atoms with Gasteiger partial charge < -0.3 is 4.74 Å². The number of benzene rings is 1. The molecule has 0 fully saturated rings. The predicted octanol–water partition coefficient (Wildman–Crippen LogP) is 5.34. The van der Waals surface area contributed by atoms with E-state index in [1.165, 1.54) is 16.7 Å². The summed E-state index contributed by atoms with van der Waals surface area (Å²) in [6.07, 6.45) is 0.959. The second kappa shape index (κ2) is 6.73. The average Bonchev–Trinajstić information content (AvgIpc) is 2.84. The van der Waals surface area contributed by atoms with Gasteiger partial charge in [0.25, 0.3) is 0 Å². The molecule has 0 bridgehead atoms. The Morgan fingerprint density at radius 2 is 2.17 bits per heavy atom. The zero-order chi connectivity index (χ0) is 13.0. The van der Waals surface area contributed by atoms with Gasteiger partial charge >= 0.3 is 0 Å². The Morgan fingerprint density at radius 1 is 1.33 bits per heavy atom. The van der Waals surface area contributed by atoms with Gasteiger partial charge in [0, 0.05) is 21.8 Å². The normalized spacial score (nSPS) is 10.6. The van der Waals surface area contributed by atoms with Gasteiger partial charge in [0.15, 0.2) is 0 Å². The summed E-state index contributed by atoms with van der Waals surface area (Å²) in [5.41, 5.74) is 3.70. The van der Waals surface area contributed by atoms with Crippen molar-refractivity contribution in [3.05, 3.63) is 50.1 Å². The van der Waals surface area contributed by atoms with Crippen LogP contribution < -0.4 is 4.74 Å². The summed E-state index contributed by atoms with van der Waals surface area (Å²) >= 11 is 8.75. The van der Waals surface area contributed by atoms with E-state index >= 15 is 0 Å². The van der Waals surface area contributed by atoms with E-state index in [1.807, 2.05) is 0 Å². The molecule has 0 aliphatic carbocycles. The molecule has 1 aromatic heterocycles. The van der Waals surface area contributed by atoms with Gasteiger partial charge in [-0.1, -0.05) is 31.9 Å². The molecule has 1 aromatic carbocycles. The first-order chi connectivity index (χ1) is 8.70. The van der Waals surface area contributed by atoms with E-state index in [0.717, 1.165) is 28.6 Å². The molecule has 4 heteroatoms. The van der Waals surface area contributed by atoms with Crippen LogP contribution >= 0.6 is 43.2 Å². The van der Waals surface area contributed by atoms with Crippen molar-refractivity contribution in [1.29, 1.82) is 0 Å². The van der Waals surface area contributed by atoms with Crippen LogP contribution in [0.3, 0.4) is 0 Å². The molecule has 0 saturated carbocycles. The smallest absolute Gasteiger partial charge is 0.126 e. The lowest BCUT2D eigenvalue weighted by molar-refractivity contribution is 0.317. The lowest BCUT2D eigenvalue weighted by Crippen LogP contribution is -2.04. The van der Waals surface area contributed by atoms with Crippen LogP contribution in [0.1, 0.15) is 16.7 Å². The summed E-state index contributed by atoms with van der Waals surface area (Å²) in [7, 11) is 0. The Morgan fingerprint density at radius 3 is 2.83 bits per heavy atom. The van der Waals surface area contributed by atoms with Gasteiger partial charge in [0.2, 0.25) is 0 Å². The number of ether oxygens (including phenoxy) is 1. The lowest BCUT2D eigenvalue weighted by atomic mass is 10.1. The molecule has 0 N–H and O–H groups in total. The standard InChI is InChI=1S/C14H14Br2OS/c1-10-6-13(16)7-12(8-15)14(10)17-4-2-11-3-5-18-9-11/h3,5-7,9H,2,4,8H2,1H3. The molecule has 0 radical (unpaired) electrons. The lowest BCUT2D eigenvalue weighted by Gasteiger charge is -2.13. The van der Waals surface area contributed by atoms with Gasteiger partial charge in [0.05, 0.1) is 6.61 Å². The van der Waals surface area contributed by atoms with Gasteiger partial charge in [-0.3, -0.25) is 0 Å². The second-order valence-electron chi connectivity index (χ2n) is 4.07. The Kier molecular flexibility index (Phi) is 5.27. The van der Waals surface area contributed by atoms with E-state index in [1.54, 1.807) is 11.3 Å². The molecular weight excluding hydrogens is 376 g/mol. The Hall–Kier alpha value is -0.320. The van der Waals surface area contributed by atoms with Gasteiger partial charge in [-0.2, -0.15) is 11.3 Å². The van der Waals surface area contributed by atoms with Crippen molar-refractivity contribution in [1.82, 2.24) is 0 Å². The molecule has 0 aliphatic heterocycles. The molecule has 0 spiro atoms. The molecule has 0 aliphatic rings. The van der Waals surface area contributed by atoms with Crippen LogP contribution in [-0.2, 0) is 11.8 Å². The molecule has 2 aromatic rings. The van der Waals surface area contributed by atoms with Crippen molar-refractivity contribution in [3.63, 3.8) is 0 Å². The number of alkyl halides is 1. The molecule has 0 amide bonds. The molecule has 18 heavy (non-hydrogen) atoms. The predicted molar refractivity (Wildman–Crippen MR) is 85.0 cm³/mol. The minimum atomic E-state index is 0.721. The van der Waals surface area contributed by atoms with Gasteiger partial charge in [-0.25, -0.2) is 0 Å². The molecule has 0 saturated heterocycles. The quantitative estimate of drug-likeness (QED) is 0.627. The first kappa shape index (κ1) is 14.1. The second-order valence-corrected chi connectivity index (χ2v) is 6.33. The van der Waals surface area contributed by atoms with E-state index in [0.29, 0.717) is 0 Å². The minimum Gasteiger partial charge on any atom is -0.493 e. The maximum atomic E-state index is 5.94. The van der Waals surface area contributed by atoms with Crippen molar-refractivity contribution in [2.75, 3.05) is 6.61 Å². The van der Waals surface area contributed by atoms with Crippen LogP contribution in [0.2, 0.25) is 0 Å². The first-order valence-electron chi connectivity index (χ1n) is 5.69. The fourth-order valence-electron chi connectivity index (χ4n) is 1.81. The van der Waals surface area contributed by atoms with Gasteiger partial charge in [0.1, 0.15) is 5.75 Å². The highest BCUT2D eigenvalue weighted by Crippen LogP contribution is 2.29. The molecular formula is C14H14Br2OS. The minimum absolute atomic E-state index is 0.721. The Labute approximate surface area is 128 Å². The maximum Gasteiger partial charge on any atom is 0.126 e. The fourth-order valence-corrected chi connectivity index (χ4v) is 3.55. The van der Waals surface area contributed by atoms with Crippen LogP contribution in [0.4, 0.5) is 0 Å². The number of aryl methyl sites for hydroxylation is 1. The van der Waals surface area contributed by atoms with Crippen LogP contribution in [0.25, 0.3) is 0 Å². The van der Waals surface area contributed by atoms with E-state index in [2.05, 4.69) is 67.7 Å². The molecule has 96 valence electrons. The van der Waals surface area contributed by atoms with Crippen LogP contribution in [0.15, 0.2) is 33.4 Å². The van der Waals surface area contributed by atoms with E-state index in [9.17, 15) is 0 Å². The highest BCUT2D eigenvalue weighted by molar-refractivity contribution is 9.10. The summed E-state index contributed by atoms with van der Waals surface area (Å²) in [4.78, 5) is 0. The zero-order valence-electron chi connectivity index (χ0n) is 10.1. The van der Waals surface area contributed by atoms with E-state index in [-0.39, 0.29) is 0 Å². The summed E-state index contributed by atoms with van der Waals surface area (Å²) in [5.74, 6) is 1.00. The number of hydrogen-bond acceptors (Lipinski definition) is 2. The third-order valence-corrected chi connectivity index (χ3v) is 4.47.